The fraction of sp³-hybridized carbons (Fsp3) is 0.300. The monoisotopic (exact) mass is 299 g/mol. The molecule has 0 saturated carbocycles. The van der Waals surface area contributed by atoms with Crippen LogP contribution >= 0.6 is 11.3 Å². The minimum Gasteiger partial charge on any atom is -0.313 e. The van der Waals surface area contributed by atoms with Crippen LogP contribution in [0.15, 0.2) is 28.9 Å². The first-order valence-electron chi connectivity index (χ1n) is 5.56. The van der Waals surface area contributed by atoms with E-state index < -0.39 is 10.0 Å². The van der Waals surface area contributed by atoms with Crippen LogP contribution in [0.2, 0.25) is 0 Å². The summed E-state index contributed by atoms with van der Waals surface area (Å²) in [6.45, 7) is 3.50. The quantitative estimate of drug-likeness (QED) is 0.820. The average molecular weight is 299 g/mol. The number of sulfonamides is 1. The SMILES string of the molecule is CCNCc1ccc(S(=O)(=O)Nc2nncs2)nc1. The molecule has 0 atom stereocenters. The molecular formula is C10H13N5O2S2. The predicted octanol–water partition coefficient (Wildman–Crippen LogP) is 0.843. The summed E-state index contributed by atoms with van der Waals surface area (Å²) in [7, 11) is -3.69. The van der Waals surface area contributed by atoms with Crippen molar-refractivity contribution in [1.29, 1.82) is 0 Å². The summed E-state index contributed by atoms with van der Waals surface area (Å²) in [6, 6.07) is 3.19. The van der Waals surface area contributed by atoms with Crippen LogP contribution in [0.4, 0.5) is 5.13 Å². The highest BCUT2D eigenvalue weighted by atomic mass is 32.2. The van der Waals surface area contributed by atoms with Gasteiger partial charge in [-0.25, -0.2) is 4.98 Å². The maximum atomic E-state index is 12.0. The second-order valence-electron chi connectivity index (χ2n) is 3.63. The van der Waals surface area contributed by atoms with E-state index in [1.54, 1.807) is 6.07 Å². The van der Waals surface area contributed by atoms with Gasteiger partial charge in [-0.15, -0.1) is 10.2 Å². The normalized spacial score (nSPS) is 11.4. The molecule has 0 amide bonds. The molecule has 2 N–H and O–H groups in total. The number of hydrogen-bond acceptors (Lipinski definition) is 7. The van der Waals surface area contributed by atoms with Crippen LogP contribution in [0.3, 0.4) is 0 Å². The van der Waals surface area contributed by atoms with Crippen molar-refractivity contribution in [3.63, 3.8) is 0 Å². The van der Waals surface area contributed by atoms with Gasteiger partial charge in [0.1, 0.15) is 5.51 Å². The maximum absolute atomic E-state index is 12.0. The largest absolute Gasteiger partial charge is 0.313 e. The van der Waals surface area contributed by atoms with Gasteiger partial charge in [0.05, 0.1) is 0 Å². The van der Waals surface area contributed by atoms with Crippen LogP contribution in [0.1, 0.15) is 12.5 Å². The van der Waals surface area contributed by atoms with Crippen LogP contribution in [0.5, 0.6) is 0 Å². The van der Waals surface area contributed by atoms with Crippen molar-refractivity contribution >= 4 is 26.5 Å². The van der Waals surface area contributed by atoms with Crippen LogP contribution in [-0.4, -0.2) is 30.1 Å². The zero-order valence-electron chi connectivity index (χ0n) is 10.2. The molecule has 9 heteroatoms. The van der Waals surface area contributed by atoms with Crippen LogP contribution < -0.4 is 10.0 Å². The number of anilines is 1. The Morgan fingerprint density at radius 2 is 2.21 bits per heavy atom. The molecule has 0 aliphatic rings. The molecule has 0 aliphatic heterocycles. The van der Waals surface area contributed by atoms with Crippen molar-refractivity contribution in [2.75, 3.05) is 11.3 Å². The molecule has 0 fully saturated rings. The van der Waals surface area contributed by atoms with Gasteiger partial charge in [0, 0.05) is 12.7 Å². The number of nitrogens with zero attached hydrogens (tertiary/aromatic N) is 3. The third-order valence-electron chi connectivity index (χ3n) is 2.23. The number of nitrogens with one attached hydrogen (secondary N) is 2. The van der Waals surface area contributed by atoms with Gasteiger partial charge in [-0.05, 0) is 18.2 Å². The van der Waals surface area contributed by atoms with Gasteiger partial charge in [0.2, 0.25) is 5.13 Å². The van der Waals surface area contributed by atoms with Crippen molar-refractivity contribution in [3.8, 4) is 0 Å². The predicted molar refractivity (Wildman–Crippen MR) is 72.3 cm³/mol. The lowest BCUT2D eigenvalue weighted by Gasteiger charge is -2.05. The minimum atomic E-state index is -3.69. The second kappa shape index (κ2) is 6.04. The zero-order chi connectivity index (χ0) is 13.7. The van der Waals surface area contributed by atoms with Gasteiger partial charge in [-0.2, -0.15) is 8.42 Å². The van der Waals surface area contributed by atoms with Crippen LogP contribution in [0.25, 0.3) is 0 Å². The number of hydrogen-bond donors (Lipinski definition) is 2. The molecule has 2 aromatic rings. The topological polar surface area (TPSA) is 96.9 Å². The highest BCUT2D eigenvalue weighted by Gasteiger charge is 2.17. The summed E-state index contributed by atoms with van der Waals surface area (Å²) in [5.41, 5.74) is 2.38. The molecule has 0 aromatic carbocycles. The fourth-order valence-corrected chi connectivity index (χ4v) is 2.95. The van der Waals surface area contributed by atoms with Gasteiger partial charge in [-0.3, -0.25) is 4.72 Å². The molecule has 0 bridgehead atoms. The van der Waals surface area contributed by atoms with Crippen molar-refractivity contribution in [3.05, 3.63) is 29.4 Å². The van der Waals surface area contributed by atoms with E-state index in [-0.39, 0.29) is 10.2 Å². The molecular weight excluding hydrogens is 286 g/mol. The zero-order valence-corrected chi connectivity index (χ0v) is 11.8. The summed E-state index contributed by atoms with van der Waals surface area (Å²) < 4.78 is 26.3. The Morgan fingerprint density at radius 1 is 1.37 bits per heavy atom. The number of pyridine rings is 1. The smallest absolute Gasteiger partial charge is 0.281 e. The highest BCUT2D eigenvalue weighted by molar-refractivity contribution is 7.92. The molecule has 7 nitrogen and oxygen atoms in total. The molecule has 2 rings (SSSR count). The lowest BCUT2D eigenvalue weighted by Crippen LogP contribution is -2.15. The lowest BCUT2D eigenvalue weighted by atomic mass is 10.3. The molecule has 0 aliphatic carbocycles. The third kappa shape index (κ3) is 3.69. The summed E-state index contributed by atoms with van der Waals surface area (Å²) in [4.78, 5) is 3.95. The van der Waals surface area contributed by atoms with Crippen LogP contribution in [0, 0.1) is 0 Å². The van der Waals surface area contributed by atoms with Crippen LogP contribution in [-0.2, 0) is 16.6 Å². The Labute approximate surface area is 115 Å². The van der Waals surface area contributed by atoms with E-state index in [0.29, 0.717) is 6.54 Å². The average Bonchev–Trinajstić information content (AvgIpc) is 2.89. The Balaban J connectivity index is 2.12. The van der Waals surface area contributed by atoms with Gasteiger partial charge < -0.3 is 5.32 Å². The molecule has 102 valence electrons. The summed E-state index contributed by atoms with van der Waals surface area (Å²) in [5, 5.41) is 10.5. The van der Waals surface area contributed by atoms with E-state index in [9.17, 15) is 8.42 Å². The van der Waals surface area contributed by atoms with E-state index >= 15 is 0 Å². The fourth-order valence-electron chi connectivity index (χ4n) is 1.33. The van der Waals surface area contributed by atoms with Gasteiger partial charge in [-0.1, -0.05) is 24.3 Å². The molecule has 0 unspecified atom stereocenters. The lowest BCUT2D eigenvalue weighted by molar-refractivity contribution is 0.597. The highest BCUT2D eigenvalue weighted by Crippen LogP contribution is 2.15. The Kier molecular flexibility index (Phi) is 4.40. The van der Waals surface area contributed by atoms with E-state index in [0.717, 1.165) is 23.4 Å². The first kappa shape index (κ1) is 13.8. The van der Waals surface area contributed by atoms with E-state index in [1.165, 1.54) is 17.8 Å². The van der Waals surface area contributed by atoms with Crippen molar-refractivity contribution in [2.24, 2.45) is 0 Å². The molecule has 0 saturated heterocycles. The van der Waals surface area contributed by atoms with E-state index in [2.05, 4.69) is 25.2 Å². The number of aromatic nitrogens is 3. The Morgan fingerprint density at radius 3 is 2.79 bits per heavy atom. The number of rotatable bonds is 6. The van der Waals surface area contributed by atoms with Gasteiger partial charge in [0.25, 0.3) is 10.0 Å². The van der Waals surface area contributed by atoms with E-state index in [4.69, 9.17) is 0 Å². The standard InChI is InChI=1S/C10H13N5O2S2/c1-2-11-5-8-3-4-9(12-6-8)19(16,17)15-10-14-13-7-18-10/h3-4,6-7,11H,2,5H2,1H3,(H,14,15). The summed E-state index contributed by atoms with van der Waals surface area (Å²) in [6.07, 6.45) is 1.54. The molecule has 2 heterocycles. The summed E-state index contributed by atoms with van der Waals surface area (Å²) >= 11 is 1.11. The second-order valence-corrected chi connectivity index (χ2v) is 6.10. The van der Waals surface area contributed by atoms with Gasteiger partial charge >= 0.3 is 0 Å². The first-order valence-corrected chi connectivity index (χ1v) is 7.92. The van der Waals surface area contributed by atoms with Crippen molar-refractivity contribution in [1.82, 2.24) is 20.5 Å². The van der Waals surface area contributed by atoms with E-state index in [1.807, 2.05) is 6.92 Å². The third-order valence-corrected chi connectivity index (χ3v) is 4.22. The summed E-state index contributed by atoms with van der Waals surface area (Å²) in [5.74, 6) is 0. The van der Waals surface area contributed by atoms with Crippen molar-refractivity contribution in [2.45, 2.75) is 18.5 Å². The van der Waals surface area contributed by atoms with Gasteiger partial charge in [0.15, 0.2) is 5.03 Å². The molecule has 2 aromatic heterocycles. The Bertz CT molecular complexity index is 610. The van der Waals surface area contributed by atoms with Crippen molar-refractivity contribution < 1.29 is 8.42 Å². The molecule has 0 spiro atoms. The first-order chi connectivity index (χ1) is 9.12. The minimum absolute atomic E-state index is 0.0389. The molecule has 0 radical (unpaired) electrons. The maximum Gasteiger partial charge on any atom is 0.281 e. The Hall–Kier alpha value is -1.58. The molecule has 19 heavy (non-hydrogen) atoms.